The number of amides is 4. The number of ether oxygens (including phenoxy) is 1. The summed E-state index contributed by atoms with van der Waals surface area (Å²) in [5, 5.41) is 5.98. The van der Waals surface area contributed by atoms with E-state index in [9.17, 15) is 18.8 Å². The van der Waals surface area contributed by atoms with Crippen LogP contribution in [-0.2, 0) is 4.74 Å². The van der Waals surface area contributed by atoms with E-state index in [0.29, 0.717) is 63.7 Å². The molecule has 2 N–H and O–H groups in total. The number of anilines is 2. The molecule has 2 aliphatic heterocycles. The molecule has 1 aliphatic carbocycles. The Morgan fingerprint density at radius 3 is 2.31 bits per heavy atom. The molecule has 3 fully saturated rings. The number of hydrogen-bond acceptors (Lipinski definition) is 5. The van der Waals surface area contributed by atoms with Gasteiger partial charge in [0.1, 0.15) is 5.82 Å². The van der Waals surface area contributed by atoms with Crippen LogP contribution in [0.3, 0.4) is 0 Å². The highest BCUT2D eigenvalue weighted by atomic mass is 19.1. The number of nitrogens with zero attached hydrogens (tertiary/aromatic N) is 3. The molecule has 2 aromatic rings. The number of urea groups is 1. The van der Waals surface area contributed by atoms with Crippen LogP contribution in [-0.4, -0.2) is 86.2 Å². The molecule has 3 aliphatic rings. The first kappa shape index (κ1) is 26.9. The molecule has 0 aromatic heterocycles. The lowest BCUT2D eigenvalue weighted by atomic mass is 9.96. The van der Waals surface area contributed by atoms with Crippen LogP contribution >= 0.6 is 0 Å². The molecule has 2 aromatic carbocycles. The highest BCUT2D eigenvalue weighted by molar-refractivity contribution is 6.06. The topological polar surface area (TPSA) is 94.2 Å². The maximum absolute atomic E-state index is 13.6. The maximum atomic E-state index is 13.6. The maximum Gasteiger partial charge on any atom is 0.317 e. The van der Waals surface area contributed by atoms with E-state index in [-0.39, 0.29) is 23.5 Å². The van der Waals surface area contributed by atoms with Crippen LogP contribution in [0.5, 0.6) is 0 Å². The number of nitrogens with one attached hydrogen (secondary N) is 2. The van der Waals surface area contributed by atoms with Crippen LogP contribution in [0.25, 0.3) is 0 Å². The fraction of sp³-hybridized carbons (Fsp3) is 0.483. The average molecular weight is 538 g/mol. The van der Waals surface area contributed by atoms with E-state index in [1.165, 1.54) is 30.7 Å². The Labute approximate surface area is 228 Å². The Balaban J connectivity index is 1.30. The molecule has 0 atom stereocenters. The van der Waals surface area contributed by atoms with Gasteiger partial charge in [-0.2, -0.15) is 0 Å². The second-order valence-corrected chi connectivity index (χ2v) is 10.4. The number of benzene rings is 2. The van der Waals surface area contributed by atoms with E-state index in [4.69, 9.17) is 4.74 Å². The summed E-state index contributed by atoms with van der Waals surface area (Å²) in [5.74, 6) is -1.08. The second kappa shape index (κ2) is 12.5. The monoisotopic (exact) mass is 537 g/mol. The molecule has 2 saturated heterocycles. The fourth-order valence-corrected chi connectivity index (χ4v) is 5.49. The van der Waals surface area contributed by atoms with Crippen molar-refractivity contribution in [2.75, 3.05) is 62.7 Å². The Hall–Kier alpha value is -3.66. The van der Waals surface area contributed by atoms with Crippen LogP contribution < -0.4 is 15.5 Å². The molecule has 39 heavy (non-hydrogen) atoms. The number of carbonyl (C=O) groups is 3. The van der Waals surface area contributed by atoms with Gasteiger partial charge in [-0.25, -0.2) is 9.18 Å². The van der Waals surface area contributed by atoms with Gasteiger partial charge in [0.15, 0.2) is 0 Å². The zero-order chi connectivity index (χ0) is 27.2. The van der Waals surface area contributed by atoms with Crippen LogP contribution in [0.4, 0.5) is 20.6 Å². The standard InChI is InChI=1S/C29H36FN5O4/c30-22-6-4-5-21(19-22)27(36)31-24-9-10-26(25(20-24)28(37)34-15-17-39-18-16-34)33-11-13-35(14-12-33)29(38)32-23-7-2-1-3-8-23/h4-6,9-10,19-20,23H,1-3,7-8,11-18H2,(H,31,36)(H,32,38). The molecule has 208 valence electrons. The molecule has 0 radical (unpaired) electrons. The van der Waals surface area contributed by atoms with Gasteiger partial charge in [-0.05, 0) is 49.2 Å². The average Bonchev–Trinajstić information content (AvgIpc) is 2.98. The van der Waals surface area contributed by atoms with E-state index in [2.05, 4.69) is 15.5 Å². The Bertz CT molecular complexity index is 1190. The summed E-state index contributed by atoms with van der Waals surface area (Å²) in [7, 11) is 0. The summed E-state index contributed by atoms with van der Waals surface area (Å²) in [6.07, 6.45) is 5.65. The molecule has 1 saturated carbocycles. The predicted octanol–water partition coefficient (Wildman–Crippen LogP) is 3.71. The summed E-state index contributed by atoms with van der Waals surface area (Å²) in [6.45, 7) is 4.24. The summed E-state index contributed by atoms with van der Waals surface area (Å²) in [4.78, 5) is 44.9. The molecule has 0 spiro atoms. The molecule has 0 bridgehead atoms. The van der Waals surface area contributed by atoms with Gasteiger partial charge in [0.25, 0.3) is 11.8 Å². The smallest absolute Gasteiger partial charge is 0.317 e. The van der Waals surface area contributed by atoms with Gasteiger partial charge in [0.2, 0.25) is 0 Å². The van der Waals surface area contributed by atoms with Crippen LogP contribution in [0.1, 0.15) is 52.8 Å². The second-order valence-electron chi connectivity index (χ2n) is 10.4. The fourth-order valence-electron chi connectivity index (χ4n) is 5.49. The summed E-state index contributed by atoms with van der Waals surface area (Å²) >= 11 is 0. The van der Waals surface area contributed by atoms with Crippen molar-refractivity contribution in [2.24, 2.45) is 0 Å². The third-order valence-electron chi connectivity index (χ3n) is 7.71. The minimum atomic E-state index is -0.493. The molecular formula is C29H36FN5O4. The van der Waals surface area contributed by atoms with Gasteiger partial charge in [0.05, 0.1) is 18.8 Å². The van der Waals surface area contributed by atoms with Crippen molar-refractivity contribution < 1.29 is 23.5 Å². The van der Waals surface area contributed by atoms with Crippen LogP contribution in [0.2, 0.25) is 0 Å². The molecule has 10 heteroatoms. The number of piperazine rings is 1. The van der Waals surface area contributed by atoms with Crippen molar-refractivity contribution in [3.63, 3.8) is 0 Å². The lowest BCUT2D eigenvalue weighted by Crippen LogP contribution is -2.54. The van der Waals surface area contributed by atoms with Gasteiger partial charge in [0, 0.05) is 62.2 Å². The van der Waals surface area contributed by atoms with E-state index >= 15 is 0 Å². The Morgan fingerprint density at radius 1 is 0.846 bits per heavy atom. The molecule has 2 heterocycles. The predicted molar refractivity (Wildman–Crippen MR) is 147 cm³/mol. The van der Waals surface area contributed by atoms with Crippen molar-refractivity contribution in [3.05, 3.63) is 59.4 Å². The van der Waals surface area contributed by atoms with Gasteiger partial charge in [-0.15, -0.1) is 0 Å². The minimum absolute atomic E-state index is 0.0124. The van der Waals surface area contributed by atoms with Crippen molar-refractivity contribution in [1.29, 1.82) is 0 Å². The van der Waals surface area contributed by atoms with Crippen molar-refractivity contribution in [2.45, 2.75) is 38.1 Å². The lowest BCUT2D eigenvalue weighted by molar-refractivity contribution is 0.0303. The quantitative estimate of drug-likeness (QED) is 0.607. The number of rotatable bonds is 5. The lowest BCUT2D eigenvalue weighted by Gasteiger charge is -2.38. The first-order valence-corrected chi connectivity index (χ1v) is 13.9. The highest BCUT2D eigenvalue weighted by Gasteiger charge is 2.28. The van der Waals surface area contributed by atoms with E-state index < -0.39 is 11.7 Å². The van der Waals surface area contributed by atoms with E-state index in [1.807, 2.05) is 11.0 Å². The van der Waals surface area contributed by atoms with Gasteiger partial charge >= 0.3 is 6.03 Å². The Kier molecular flexibility index (Phi) is 8.61. The van der Waals surface area contributed by atoms with Gasteiger partial charge in [-0.3, -0.25) is 9.59 Å². The first-order chi connectivity index (χ1) is 19.0. The van der Waals surface area contributed by atoms with Crippen LogP contribution in [0.15, 0.2) is 42.5 Å². The van der Waals surface area contributed by atoms with E-state index in [1.54, 1.807) is 17.0 Å². The van der Waals surface area contributed by atoms with Crippen molar-refractivity contribution in [3.8, 4) is 0 Å². The number of halogens is 1. The SMILES string of the molecule is O=C(Nc1ccc(N2CCN(C(=O)NC3CCCCC3)CC2)c(C(=O)N2CCOCC2)c1)c1cccc(F)c1. The molecule has 0 unspecified atom stereocenters. The van der Waals surface area contributed by atoms with Crippen molar-refractivity contribution >= 4 is 29.2 Å². The summed E-state index contributed by atoms with van der Waals surface area (Å²) in [5.41, 5.74) is 1.90. The molecule has 9 nitrogen and oxygen atoms in total. The van der Waals surface area contributed by atoms with Gasteiger partial charge < -0.3 is 30.1 Å². The summed E-state index contributed by atoms with van der Waals surface area (Å²) < 4.78 is 19.0. The third kappa shape index (κ3) is 6.68. The zero-order valence-corrected chi connectivity index (χ0v) is 22.2. The molecule has 4 amide bonds. The summed E-state index contributed by atoms with van der Waals surface area (Å²) in [6, 6.07) is 11.0. The highest BCUT2D eigenvalue weighted by Crippen LogP contribution is 2.28. The van der Waals surface area contributed by atoms with E-state index in [0.717, 1.165) is 31.4 Å². The van der Waals surface area contributed by atoms with Crippen LogP contribution in [0, 0.1) is 5.82 Å². The molecular weight excluding hydrogens is 501 g/mol. The number of morpholine rings is 1. The minimum Gasteiger partial charge on any atom is -0.378 e. The first-order valence-electron chi connectivity index (χ1n) is 13.9. The third-order valence-corrected chi connectivity index (χ3v) is 7.71. The number of carbonyl (C=O) groups excluding carboxylic acids is 3. The zero-order valence-electron chi connectivity index (χ0n) is 22.2. The molecule has 5 rings (SSSR count). The van der Waals surface area contributed by atoms with Gasteiger partial charge in [-0.1, -0.05) is 25.3 Å². The number of hydrogen-bond donors (Lipinski definition) is 2. The van der Waals surface area contributed by atoms with Crippen molar-refractivity contribution in [1.82, 2.24) is 15.1 Å². The Morgan fingerprint density at radius 2 is 1.59 bits per heavy atom. The largest absolute Gasteiger partial charge is 0.378 e. The normalized spacial score (nSPS) is 18.5.